The van der Waals surface area contributed by atoms with Gasteiger partial charge in [0.2, 0.25) is 5.95 Å². The van der Waals surface area contributed by atoms with E-state index in [1.165, 1.54) is 17.8 Å². The summed E-state index contributed by atoms with van der Waals surface area (Å²) in [6.07, 6.45) is 6.54. The fourth-order valence-corrected chi connectivity index (χ4v) is 4.69. The van der Waals surface area contributed by atoms with E-state index >= 15 is 0 Å². The van der Waals surface area contributed by atoms with E-state index in [0.717, 1.165) is 32.1 Å². The summed E-state index contributed by atoms with van der Waals surface area (Å²) in [7, 11) is 2.13. The van der Waals surface area contributed by atoms with E-state index in [1.54, 1.807) is 26.0 Å². The van der Waals surface area contributed by atoms with E-state index in [9.17, 15) is 13.9 Å². The minimum atomic E-state index is -1.24. The number of nitrogens with zero attached hydrogens (tertiary/aromatic N) is 5. The third-order valence-electron chi connectivity index (χ3n) is 6.69. The number of aliphatic hydroxyl groups is 1. The summed E-state index contributed by atoms with van der Waals surface area (Å²) in [6.45, 7) is 5.34. The molecule has 0 amide bonds. The fourth-order valence-electron chi connectivity index (χ4n) is 4.69. The molecule has 12 heteroatoms. The van der Waals surface area contributed by atoms with Crippen molar-refractivity contribution in [2.75, 3.05) is 25.5 Å². The highest BCUT2D eigenvalue weighted by molar-refractivity contribution is 5.88. The second kappa shape index (κ2) is 13.1. The molecule has 210 valence electrons. The van der Waals surface area contributed by atoms with E-state index in [4.69, 9.17) is 0 Å². The molecule has 1 aliphatic heterocycles. The molecule has 39 heavy (non-hydrogen) atoms. The zero-order valence-electron chi connectivity index (χ0n) is 21.7. The largest absolute Gasteiger partial charge is 0.386 e. The van der Waals surface area contributed by atoms with E-state index in [2.05, 4.69) is 37.2 Å². The Morgan fingerprint density at radius 3 is 2.31 bits per heavy atom. The summed E-state index contributed by atoms with van der Waals surface area (Å²) >= 11 is 0. The maximum Gasteiger partial charge on any atom is 0.229 e. The molecule has 0 saturated carbocycles. The van der Waals surface area contributed by atoms with Crippen molar-refractivity contribution in [1.82, 2.24) is 24.8 Å². The Hall–Kier alpha value is -2.69. The highest BCUT2D eigenvalue weighted by Crippen LogP contribution is 2.33. The smallest absolute Gasteiger partial charge is 0.229 e. The van der Waals surface area contributed by atoms with Crippen LogP contribution in [0.15, 0.2) is 48.9 Å². The molecule has 5 rings (SSSR count). The molecule has 0 unspecified atom stereocenters. The molecule has 1 saturated heterocycles. The number of hydrogen-bond donors (Lipinski definition) is 2. The van der Waals surface area contributed by atoms with Gasteiger partial charge in [-0.15, -0.1) is 37.2 Å². The van der Waals surface area contributed by atoms with Gasteiger partial charge < -0.3 is 15.3 Å². The molecule has 0 aliphatic carbocycles. The highest BCUT2D eigenvalue weighted by Gasteiger charge is 2.22. The number of piperidine rings is 1. The first-order valence-electron chi connectivity index (χ1n) is 11.9. The third kappa shape index (κ3) is 7.10. The van der Waals surface area contributed by atoms with Crippen LogP contribution in [0, 0.1) is 11.6 Å². The molecular formula is C27H31Cl3F2N6O. The molecule has 4 heterocycles. The lowest BCUT2D eigenvalue weighted by Gasteiger charge is -2.29. The average Bonchev–Trinajstić information content (AvgIpc) is 2.85. The Morgan fingerprint density at radius 1 is 0.949 bits per heavy atom. The first-order valence-corrected chi connectivity index (χ1v) is 11.9. The number of likely N-dealkylation sites (tertiary alicyclic amines) is 1. The molecule has 1 fully saturated rings. The van der Waals surface area contributed by atoms with Crippen molar-refractivity contribution < 1.29 is 13.9 Å². The maximum atomic E-state index is 15.0. The van der Waals surface area contributed by atoms with Crippen LogP contribution in [-0.2, 0) is 5.60 Å². The molecular weight excluding hydrogens is 569 g/mol. The number of aromatic nitrogens is 4. The van der Waals surface area contributed by atoms with Gasteiger partial charge in [0, 0.05) is 23.3 Å². The molecule has 1 aliphatic rings. The summed E-state index contributed by atoms with van der Waals surface area (Å²) in [4.78, 5) is 19.3. The maximum absolute atomic E-state index is 15.0. The summed E-state index contributed by atoms with van der Waals surface area (Å²) in [5, 5.41) is 13.9. The van der Waals surface area contributed by atoms with Crippen LogP contribution in [0.5, 0.6) is 0 Å². The Labute approximate surface area is 244 Å². The lowest BCUT2D eigenvalue weighted by Crippen LogP contribution is -2.29. The van der Waals surface area contributed by atoms with Crippen LogP contribution < -0.4 is 5.32 Å². The Bertz CT molecular complexity index is 1410. The van der Waals surface area contributed by atoms with Crippen LogP contribution in [0.2, 0.25) is 0 Å². The number of fused-ring (bicyclic) bond motifs is 1. The third-order valence-corrected chi connectivity index (χ3v) is 6.69. The predicted octanol–water partition coefficient (Wildman–Crippen LogP) is 6.41. The number of nitrogens with one attached hydrogen (secondary N) is 1. The van der Waals surface area contributed by atoms with Gasteiger partial charge in [-0.05, 0) is 88.1 Å². The standard InChI is InChI=1S/C27H28F2N6O.3ClH/c1-27(2,36)20-6-9-30-25-19(20)12-18(13-21(25)28)24-22(29)15-32-26(34-24)33-23-5-4-17(14-31-23)16-7-10-35(3)11-8-16;;;/h4-6,9,12-16,36H,7-8,10-11H2,1-3H3,(H,31,32,33,34);3*1H. The van der Waals surface area contributed by atoms with Gasteiger partial charge in [0.1, 0.15) is 22.8 Å². The summed E-state index contributed by atoms with van der Waals surface area (Å²) in [5.41, 5.74) is 0.676. The van der Waals surface area contributed by atoms with E-state index < -0.39 is 17.2 Å². The van der Waals surface area contributed by atoms with Gasteiger partial charge in [0.25, 0.3) is 0 Å². The normalized spacial score (nSPS) is 14.2. The van der Waals surface area contributed by atoms with Crippen LogP contribution in [0.25, 0.3) is 22.2 Å². The number of benzene rings is 1. The number of halogens is 5. The number of pyridine rings is 2. The molecule has 0 spiro atoms. The summed E-state index contributed by atoms with van der Waals surface area (Å²) < 4.78 is 29.7. The monoisotopic (exact) mass is 598 g/mol. The van der Waals surface area contributed by atoms with Gasteiger partial charge in [0.05, 0.1) is 11.8 Å². The minimum absolute atomic E-state index is 0. The van der Waals surface area contributed by atoms with Gasteiger partial charge >= 0.3 is 0 Å². The zero-order valence-corrected chi connectivity index (χ0v) is 24.1. The van der Waals surface area contributed by atoms with Crippen molar-refractivity contribution in [3.05, 3.63) is 71.7 Å². The van der Waals surface area contributed by atoms with E-state index in [0.29, 0.717) is 22.7 Å². The topological polar surface area (TPSA) is 87.1 Å². The first kappa shape index (κ1) is 32.5. The van der Waals surface area contributed by atoms with E-state index in [-0.39, 0.29) is 59.9 Å². The Balaban J connectivity index is 0.00000178. The highest BCUT2D eigenvalue weighted by atomic mass is 35.5. The summed E-state index contributed by atoms with van der Waals surface area (Å²) in [6, 6.07) is 8.29. The minimum Gasteiger partial charge on any atom is -0.386 e. The Morgan fingerprint density at radius 2 is 1.67 bits per heavy atom. The van der Waals surface area contributed by atoms with Gasteiger partial charge in [-0.2, -0.15) is 0 Å². The van der Waals surface area contributed by atoms with Crippen molar-refractivity contribution in [2.45, 2.75) is 38.2 Å². The van der Waals surface area contributed by atoms with Crippen molar-refractivity contribution in [3.8, 4) is 11.3 Å². The quantitative estimate of drug-likeness (QED) is 0.274. The predicted molar refractivity (Wildman–Crippen MR) is 157 cm³/mol. The zero-order chi connectivity index (χ0) is 25.4. The SMILES string of the molecule is CN1CCC(c2ccc(Nc3ncc(F)c(-c4cc(F)c5nccc(C(C)(C)O)c5c4)n3)nc2)CC1.Cl.Cl.Cl. The van der Waals surface area contributed by atoms with Crippen molar-refractivity contribution >= 4 is 59.9 Å². The second-order valence-electron chi connectivity index (χ2n) is 9.84. The van der Waals surface area contributed by atoms with Gasteiger partial charge in [-0.1, -0.05) is 6.07 Å². The van der Waals surface area contributed by atoms with Crippen molar-refractivity contribution in [1.29, 1.82) is 0 Å². The molecule has 0 bridgehead atoms. The van der Waals surface area contributed by atoms with Crippen molar-refractivity contribution in [2.24, 2.45) is 0 Å². The van der Waals surface area contributed by atoms with Gasteiger partial charge in [-0.25, -0.2) is 23.7 Å². The first-order chi connectivity index (χ1) is 17.2. The second-order valence-corrected chi connectivity index (χ2v) is 9.84. The van der Waals surface area contributed by atoms with Crippen LogP contribution in [0.4, 0.5) is 20.5 Å². The average molecular weight is 600 g/mol. The van der Waals surface area contributed by atoms with Crippen LogP contribution in [-0.4, -0.2) is 50.1 Å². The van der Waals surface area contributed by atoms with Crippen LogP contribution in [0.1, 0.15) is 43.7 Å². The van der Waals surface area contributed by atoms with Gasteiger partial charge in [-0.3, -0.25) is 4.98 Å². The van der Waals surface area contributed by atoms with Crippen molar-refractivity contribution in [3.63, 3.8) is 0 Å². The van der Waals surface area contributed by atoms with Crippen LogP contribution >= 0.6 is 37.2 Å². The molecule has 2 N–H and O–H groups in total. The Kier molecular flexibility index (Phi) is 10.9. The number of hydrogen-bond acceptors (Lipinski definition) is 7. The lowest BCUT2D eigenvalue weighted by atomic mass is 9.91. The molecule has 4 aromatic rings. The lowest BCUT2D eigenvalue weighted by molar-refractivity contribution is 0.0801. The number of anilines is 2. The number of rotatable bonds is 5. The molecule has 0 radical (unpaired) electrons. The van der Waals surface area contributed by atoms with Gasteiger partial charge in [0.15, 0.2) is 5.82 Å². The molecule has 7 nitrogen and oxygen atoms in total. The summed E-state index contributed by atoms with van der Waals surface area (Å²) in [5.74, 6) is -0.170. The molecule has 3 aromatic heterocycles. The fraction of sp³-hybridized carbons (Fsp3) is 0.333. The molecule has 1 aromatic carbocycles. The molecule has 0 atom stereocenters. The van der Waals surface area contributed by atoms with E-state index in [1.807, 2.05) is 18.3 Å². The van der Waals surface area contributed by atoms with Crippen LogP contribution in [0.3, 0.4) is 0 Å².